The lowest BCUT2D eigenvalue weighted by Crippen LogP contribution is -2.49. The molecule has 8 nitrogen and oxygen atoms in total. The van der Waals surface area contributed by atoms with Crippen LogP contribution in [0.1, 0.15) is 5.56 Å². The molecule has 2 rings (SSSR count). The molecular weight excluding hydrogens is 382 g/mol. The summed E-state index contributed by atoms with van der Waals surface area (Å²) in [5.74, 6) is -2.72. The van der Waals surface area contributed by atoms with Crippen LogP contribution in [0.2, 0.25) is 5.02 Å². The summed E-state index contributed by atoms with van der Waals surface area (Å²) in [4.78, 5) is 10.9. The van der Waals surface area contributed by atoms with Crippen molar-refractivity contribution in [3.63, 3.8) is 0 Å². The number of benzene rings is 1. The Kier molecular flexibility index (Phi) is 5.26. The molecule has 2 N–H and O–H groups in total. The highest BCUT2D eigenvalue weighted by atomic mass is 35.5. The lowest BCUT2D eigenvalue weighted by Gasteiger charge is -2.28. The molecule has 1 aliphatic heterocycles. The van der Waals surface area contributed by atoms with E-state index >= 15 is 0 Å². The van der Waals surface area contributed by atoms with Gasteiger partial charge in [0, 0.05) is 5.02 Å². The number of sulfone groups is 1. The van der Waals surface area contributed by atoms with Crippen molar-refractivity contribution in [1.82, 2.24) is 4.31 Å². The number of rotatable bonds is 5. The number of hydrogen-bond acceptors (Lipinski definition) is 6. The zero-order valence-corrected chi connectivity index (χ0v) is 15.0. The van der Waals surface area contributed by atoms with Gasteiger partial charge in [-0.1, -0.05) is 17.7 Å². The molecule has 0 spiro atoms. The topological polar surface area (TPSA) is 129 Å². The van der Waals surface area contributed by atoms with Crippen LogP contribution in [-0.4, -0.2) is 67.5 Å². The summed E-state index contributed by atoms with van der Waals surface area (Å²) >= 11 is 5.82. The van der Waals surface area contributed by atoms with E-state index in [2.05, 4.69) is 0 Å². The summed E-state index contributed by atoms with van der Waals surface area (Å²) < 4.78 is 49.6. The third-order valence-electron chi connectivity index (χ3n) is 3.69. The van der Waals surface area contributed by atoms with E-state index in [0.717, 1.165) is 6.07 Å². The van der Waals surface area contributed by atoms with Gasteiger partial charge in [0.25, 0.3) is 0 Å². The number of carbonyl (C=O) groups is 1. The SMILES string of the molecule is Cc1ccc(Cl)cc1S(=O)(=O)N(CC(=O)O)[C@@H]1CS(=O)(=O)C[C@@H]1O. The number of aliphatic hydroxyl groups excluding tert-OH is 1. The van der Waals surface area contributed by atoms with Gasteiger partial charge in [-0.15, -0.1) is 0 Å². The van der Waals surface area contributed by atoms with Crippen molar-refractivity contribution in [2.24, 2.45) is 0 Å². The fourth-order valence-electron chi connectivity index (χ4n) is 2.58. The molecule has 1 saturated heterocycles. The maximum absolute atomic E-state index is 12.9. The molecule has 1 heterocycles. The lowest BCUT2D eigenvalue weighted by atomic mass is 10.2. The van der Waals surface area contributed by atoms with Gasteiger partial charge < -0.3 is 10.2 Å². The van der Waals surface area contributed by atoms with Crippen LogP contribution in [0.4, 0.5) is 0 Å². The highest BCUT2D eigenvalue weighted by Crippen LogP contribution is 2.28. The Morgan fingerprint density at radius 3 is 2.50 bits per heavy atom. The summed E-state index contributed by atoms with van der Waals surface area (Å²) in [5.41, 5.74) is 0.324. The third-order valence-corrected chi connectivity index (χ3v) is 7.64. The van der Waals surface area contributed by atoms with Gasteiger partial charge in [-0.05, 0) is 24.6 Å². The summed E-state index contributed by atoms with van der Waals surface area (Å²) in [6.07, 6.45) is -1.50. The Morgan fingerprint density at radius 2 is 2.00 bits per heavy atom. The number of aryl methyl sites for hydroxylation is 1. The first-order valence-corrected chi connectivity index (χ1v) is 10.5. The van der Waals surface area contributed by atoms with E-state index in [9.17, 15) is 26.7 Å². The molecular formula is C13H16ClNO7S2. The number of carboxylic acids is 1. The number of carboxylic acid groups (broad SMARTS) is 1. The van der Waals surface area contributed by atoms with E-state index in [0.29, 0.717) is 9.87 Å². The van der Waals surface area contributed by atoms with E-state index in [1.165, 1.54) is 19.1 Å². The monoisotopic (exact) mass is 397 g/mol. The molecule has 0 bridgehead atoms. The van der Waals surface area contributed by atoms with Gasteiger partial charge in [0.15, 0.2) is 9.84 Å². The van der Waals surface area contributed by atoms with Gasteiger partial charge in [-0.25, -0.2) is 16.8 Å². The number of nitrogens with zero attached hydrogens (tertiary/aromatic N) is 1. The molecule has 1 aromatic carbocycles. The number of halogens is 1. The molecule has 11 heteroatoms. The van der Waals surface area contributed by atoms with Crippen LogP contribution in [0.25, 0.3) is 0 Å². The van der Waals surface area contributed by atoms with Gasteiger partial charge in [0.05, 0.1) is 28.5 Å². The molecule has 0 radical (unpaired) electrons. The molecule has 1 aliphatic rings. The highest BCUT2D eigenvalue weighted by Gasteiger charge is 2.45. The van der Waals surface area contributed by atoms with Crippen molar-refractivity contribution in [2.45, 2.75) is 24.0 Å². The third kappa shape index (κ3) is 3.89. The lowest BCUT2D eigenvalue weighted by molar-refractivity contribution is -0.137. The first-order valence-electron chi connectivity index (χ1n) is 6.82. The second kappa shape index (κ2) is 6.60. The van der Waals surface area contributed by atoms with Crippen LogP contribution in [0.5, 0.6) is 0 Å². The largest absolute Gasteiger partial charge is 0.480 e. The van der Waals surface area contributed by atoms with Crippen molar-refractivity contribution >= 4 is 37.4 Å². The number of sulfonamides is 1. The van der Waals surface area contributed by atoms with Crippen LogP contribution in [0.3, 0.4) is 0 Å². The van der Waals surface area contributed by atoms with Gasteiger partial charge in [-0.2, -0.15) is 4.31 Å². The fourth-order valence-corrected chi connectivity index (χ4v) is 6.57. The Morgan fingerprint density at radius 1 is 1.38 bits per heavy atom. The van der Waals surface area contributed by atoms with Crippen molar-refractivity contribution in [3.8, 4) is 0 Å². The van der Waals surface area contributed by atoms with Crippen molar-refractivity contribution in [1.29, 1.82) is 0 Å². The van der Waals surface area contributed by atoms with Crippen LogP contribution in [0, 0.1) is 6.92 Å². The zero-order chi connectivity index (χ0) is 18.3. The standard InChI is InChI=1S/C13H16ClNO7S2/c1-8-2-3-9(14)4-12(8)24(21,22)15(5-13(17)18)10-6-23(19,20)7-11(10)16/h2-4,10-11,16H,5-7H2,1H3,(H,17,18)/t10-,11+/m1/s1. The molecule has 134 valence electrons. The summed E-state index contributed by atoms with van der Waals surface area (Å²) in [7, 11) is -8.03. The van der Waals surface area contributed by atoms with Crippen molar-refractivity contribution in [2.75, 3.05) is 18.1 Å². The van der Waals surface area contributed by atoms with Gasteiger partial charge in [0.2, 0.25) is 10.0 Å². The normalized spacial score (nSPS) is 23.5. The Labute approximate surface area is 144 Å². The molecule has 0 unspecified atom stereocenters. The predicted molar refractivity (Wildman–Crippen MR) is 86.2 cm³/mol. The summed E-state index contributed by atoms with van der Waals surface area (Å²) in [6, 6.07) is 2.73. The Balaban J connectivity index is 2.55. The molecule has 24 heavy (non-hydrogen) atoms. The first kappa shape index (κ1) is 19.1. The zero-order valence-electron chi connectivity index (χ0n) is 12.6. The van der Waals surface area contributed by atoms with E-state index in [1.807, 2.05) is 0 Å². The number of aliphatic hydroxyl groups is 1. The number of hydrogen-bond donors (Lipinski definition) is 2. The highest BCUT2D eigenvalue weighted by molar-refractivity contribution is 7.92. The van der Waals surface area contributed by atoms with E-state index < -0.39 is 56.0 Å². The maximum atomic E-state index is 12.9. The minimum Gasteiger partial charge on any atom is -0.480 e. The molecule has 0 aliphatic carbocycles. The van der Waals surface area contributed by atoms with E-state index in [4.69, 9.17) is 16.7 Å². The van der Waals surface area contributed by atoms with Crippen LogP contribution >= 0.6 is 11.6 Å². The molecule has 0 saturated carbocycles. The molecule has 1 aromatic rings. The minimum absolute atomic E-state index is 0.133. The maximum Gasteiger partial charge on any atom is 0.318 e. The van der Waals surface area contributed by atoms with Crippen LogP contribution in [-0.2, 0) is 24.7 Å². The molecule has 0 amide bonds. The fraction of sp³-hybridized carbons (Fsp3) is 0.462. The smallest absolute Gasteiger partial charge is 0.318 e. The molecule has 0 aromatic heterocycles. The quantitative estimate of drug-likeness (QED) is 0.708. The summed E-state index contributed by atoms with van der Waals surface area (Å²) in [6.45, 7) is 0.537. The van der Waals surface area contributed by atoms with E-state index in [-0.39, 0.29) is 9.92 Å². The van der Waals surface area contributed by atoms with Gasteiger partial charge in [0.1, 0.15) is 6.54 Å². The Bertz CT molecular complexity index is 866. The van der Waals surface area contributed by atoms with Crippen LogP contribution in [0.15, 0.2) is 23.1 Å². The van der Waals surface area contributed by atoms with E-state index in [1.54, 1.807) is 0 Å². The predicted octanol–water partition coefficient (Wildman–Crippen LogP) is -0.118. The molecule has 1 fully saturated rings. The Hall–Kier alpha value is -1.20. The minimum atomic E-state index is -4.37. The number of aliphatic carboxylic acids is 1. The van der Waals surface area contributed by atoms with Crippen molar-refractivity contribution in [3.05, 3.63) is 28.8 Å². The second-order valence-corrected chi connectivity index (χ2v) is 10.0. The average Bonchev–Trinajstić information content (AvgIpc) is 2.71. The summed E-state index contributed by atoms with van der Waals surface area (Å²) in [5, 5.41) is 19.1. The first-order chi connectivity index (χ1) is 10.9. The van der Waals surface area contributed by atoms with Gasteiger partial charge >= 0.3 is 5.97 Å². The average molecular weight is 398 g/mol. The molecule has 2 atom stereocenters. The second-order valence-electron chi connectivity index (χ2n) is 5.57. The van der Waals surface area contributed by atoms with Gasteiger partial charge in [-0.3, -0.25) is 4.79 Å². The van der Waals surface area contributed by atoms with Crippen LogP contribution < -0.4 is 0 Å². The van der Waals surface area contributed by atoms with Crippen molar-refractivity contribution < 1.29 is 31.8 Å².